The maximum absolute atomic E-state index is 13.5. The Kier molecular flexibility index (Phi) is 5.21. The molecule has 1 unspecified atom stereocenters. The Morgan fingerprint density at radius 1 is 0.964 bits per heavy atom. The van der Waals surface area contributed by atoms with Crippen LogP contribution in [0.5, 0.6) is 0 Å². The summed E-state index contributed by atoms with van der Waals surface area (Å²) < 4.78 is 0. The van der Waals surface area contributed by atoms with Gasteiger partial charge in [-0.3, -0.25) is 9.59 Å². The van der Waals surface area contributed by atoms with Crippen LogP contribution in [0.4, 0.5) is 0 Å². The summed E-state index contributed by atoms with van der Waals surface area (Å²) in [4.78, 5) is 30.5. The van der Waals surface area contributed by atoms with E-state index in [1.165, 1.54) is 0 Å². The van der Waals surface area contributed by atoms with Crippen LogP contribution in [-0.2, 0) is 22.6 Å². The van der Waals surface area contributed by atoms with E-state index >= 15 is 0 Å². The number of carbonyl (C=O) groups excluding carboxylic acids is 2. The average molecular weight is 377 g/mol. The molecular weight excluding hydrogens is 348 g/mol. The molecule has 1 atom stereocenters. The zero-order valence-corrected chi connectivity index (χ0v) is 16.6. The number of benzene rings is 2. The maximum Gasteiger partial charge on any atom is 0.248 e. The van der Waals surface area contributed by atoms with Crippen molar-refractivity contribution in [3.8, 4) is 0 Å². The van der Waals surface area contributed by atoms with E-state index in [-0.39, 0.29) is 11.8 Å². The molecule has 146 valence electrons. The van der Waals surface area contributed by atoms with Crippen molar-refractivity contribution < 1.29 is 9.59 Å². The van der Waals surface area contributed by atoms with Crippen molar-refractivity contribution in [1.82, 2.24) is 9.80 Å². The number of rotatable bonds is 4. The van der Waals surface area contributed by atoms with Crippen LogP contribution >= 0.6 is 0 Å². The van der Waals surface area contributed by atoms with Crippen LogP contribution in [0.1, 0.15) is 42.4 Å². The van der Waals surface area contributed by atoms with Crippen molar-refractivity contribution in [2.24, 2.45) is 0 Å². The molecule has 0 bridgehead atoms. The van der Waals surface area contributed by atoms with Crippen LogP contribution in [0.15, 0.2) is 54.6 Å². The number of likely N-dealkylation sites (tertiary alicyclic amines) is 2. The van der Waals surface area contributed by atoms with Gasteiger partial charge in [0.05, 0.1) is 6.42 Å². The van der Waals surface area contributed by atoms with E-state index in [9.17, 15) is 9.59 Å². The predicted molar refractivity (Wildman–Crippen MR) is 110 cm³/mol. The number of hydrogen-bond donors (Lipinski definition) is 0. The Morgan fingerprint density at radius 3 is 2.43 bits per heavy atom. The molecule has 4 nitrogen and oxygen atoms in total. The van der Waals surface area contributed by atoms with Gasteiger partial charge in [0.15, 0.2) is 0 Å². The average Bonchev–Trinajstić information content (AvgIpc) is 3.11. The Bertz CT molecular complexity index is 864. The van der Waals surface area contributed by atoms with Crippen molar-refractivity contribution in [2.75, 3.05) is 13.1 Å². The number of amides is 2. The molecule has 2 aliphatic heterocycles. The molecule has 4 heteroatoms. The minimum atomic E-state index is -0.631. The van der Waals surface area contributed by atoms with E-state index in [1.54, 1.807) is 0 Å². The Balaban J connectivity index is 1.53. The Labute approximate surface area is 167 Å². The molecule has 4 rings (SSSR count). The highest BCUT2D eigenvalue weighted by Crippen LogP contribution is 2.39. The zero-order chi connectivity index (χ0) is 19.6. The van der Waals surface area contributed by atoms with E-state index in [4.69, 9.17) is 0 Å². The molecule has 28 heavy (non-hydrogen) atoms. The Morgan fingerprint density at radius 2 is 1.68 bits per heavy atom. The van der Waals surface area contributed by atoms with Crippen molar-refractivity contribution in [1.29, 1.82) is 0 Å². The fourth-order valence-corrected chi connectivity index (χ4v) is 4.84. The van der Waals surface area contributed by atoms with E-state index in [0.29, 0.717) is 19.5 Å². The first-order valence-electron chi connectivity index (χ1n) is 10.3. The minimum Gasteiger partial charge on any atom is -0.336 e. The molecule has 2 saturated heterocycles. The summed E-state index contributed by atoms with van der Waals surface area (Å²) in [6, 6.07) is 18.2. The SMILES string of the molecule is Cc1cccc(CC(=O)N2CCCC23CCCN(Cc2ccccc2)C3=O)c1. The maximum atomic E-state index is 13.5. The van der Waals surface area contributed by atoms with Gasteiger partial charge < -0.3 is 9.80 Å². The van der Waals surface area contributed by atoms with Gasteiger partial charge in [-0.1, -0.05) is 60.2 Å². The van der Waals surface area contributed by atoms with Gasteiger partial charge in [-0.05, 0) is 43.7 Å². The van der Waals surface area contributed by atoms with Gasteiger partial charge in [-0.25, -0.2) is 0 Å². The molecule has 2 amide bonds. The van der Waals surface area contributed by atoms with Crippen LogP contribution in [0.25, 0.3) is 0 Å². The summed E-state index contributed by atoms with van der Waals surface area (Å²) in [5.74, 6) is 0.218. The van der Waals surface area contributed by atoms with Gasteiger partial charge in [0.25, 0.3) is 0 Å². The number of aryl methyl sites for hydroxylation is 1. The van der Waals surface area contributed by atoms with Crippen LogP contribution in [0, 0.1) is 6.92 Å². The van der Waals surface area contributed by atoms with Gasteiger partial charge in [0.1, 0.15) is 5.54 Å². The topological polar surface area (TPSA) is 40.6 Å². The van der Waals surface area contributed by atoms with Crippen molar-refractivity contribution in [3.63, 3.8) is 0 Å². The molecule has 2 heterocycles. The van der Waals surface area contributed by atoms with E-state index in [0.717, 1.165) is 48.9 Å². The summed E-state index contributed by atoms with van der Waals surface area (Å²) in [5, 5.41) is 0. The lowest BCUT2D eigenvalue weighted by Crippen LogP contribution is -2.61. The number of nitrogens with zero attached hydrogens (tertiary/aromatic N) is 2. The van der Waals surface area contributed by atoms with Crippen LogP contribution in [0.2, 0.25) is 0 Å². The molecule has 1 spiro atoms. The smallest absolute Gasteiger partial charge is 0.248 e. The van der Waals surface area contributed by atoms with Gasteiger partial charge >= 0.3 is 0 Å². The molecule has 0 N–H and O–H groups in total. The molecule has 2 fully saturated rings. The standard InChI is InChI=1S/C24H28N2O2/c1-19-8-5-11-21(16-19)17-22(27)26-15-7-13-24(26)12-6-14-25(23(24)28)18-20-9-3-2-4-10-20/h2-5,8-11,16H,6-7,12-15,17-18H2,1H3. The molecule has 0 aromatic heterocycles. The number of hydrogen-bond acceptors (Lipinski definition) is 2. The molecule has 2 aliphatic rings. The third kappa shape index (κ3) is 3.56. The number of carbonyl (C=O) groups is 2. The van der Waals surface area contributed by atoms with Gasteiger partial charge in [-0.2, -0.15) is 0 Å². The monoisotopic (exact) mass is 376 g/mol. The normalized spacial score (nSPS) is 22.1. The highest BCUT2D eigenvalue weighted by Gasteiger charge is 2.52. The minimum absolute atomic E-state index is 0.0815. The highest BCUT2D eigenvalue weighted by molar-refractivity contribution is 5.93. The highest BCUT2D eigenvalue weighted by atomic mass is 16.2. The zero-order valence-electron chi connectivity index (χ0n) is 16.6. The molecule has 2 aromatic carbocycles. The van der Waals surface area contributed by atoms with Gasteiger partial charge in [0, 0.05) is 19.6 Å². The van der Waals surface area contributed by atoms with E-state index in [2.05, 4.69) is 18.2 Å². The third-order valence-corrected chi connectivity index (χ3v) is 6.15. The summed E-state index contributed by atoms with van der Waals surface area (Å²) in [5.41, 5.74) is 2.69. The fraction of sp³-hybridized carbons (Fsp3) is 0.417. The first-order valence-corrected chi connectivity index (χ1v) is 10.3. The third-order valence-electron chi connectivity index (χ3n) is 6.15. The quantitative estimate of drug-likeness (QED) is 0.816. The lowest BCUT2D eigenvalue weighted by atomic mass is 9.84. The van der Waals surface area contributed by atoms with E-state index in [1.807, 2.05) is 53.1 Å². The van der Waals surface area contributed by atoms with Crippen LogP contribution in [-0.4, -0.2) is 40.2 Å². The first-order chi connectivity index (χ1) is 13.6. The lowest BCUT2D eigenvalue weighted by molar-refractivity contribution is -0.155. The van der Waals surface area contributed by atoms with Gasteiger partial charge in [0.2, 0.25) is 11.8 Å². The molecule has 0 radical (unpaired) electrons. The van der Waals surface area contributed by atoms with Crippen molar-refractivity contribution in [3.05, 3.63) is 71.3 Å². The van der Waals surface area contributed by atoms with Crippen molar-refractivity contribution in [2.45, 2.75) is 51.1 Å². The summed E-state index contributed by atoms with van der Waals surface area (Å²) in [6.07, 6.45) is 3.81. The lowest BCUT2D eigenvalue weighted by Gasteiger charge is -2.44. The van der Waals surface area contributed by atoms with Gasteiger partial charge in [-0.15, -0.1) is 0 Å². The van der Waals surface area contributed by atoms with Crippen molar-refractivity contribution >= 4 is 11.8 Å². The molecule has 0 saturated carbocycles. The summed E-state index contributed by atoms with van der Waals surface area (Å²) in [6.45, 7) is 4.13. The van der Waals surface area contributed by atoms with E-state index < -0.39 is 5.54 Å². The Hall–Kier alpha value is -2.62. The molecule has 2 aromatic rings. The number of piperidine rings is 1. The summed E-state index contributed by atoms with van der Waals surface area (Å²) in [7, 11) is 0. The second kappa shape index (κ2) is 7.78. The fourth-order valence-electron chi connectivity index (χ4n) is 4.84. The predicted octanol–water partition coefficient (Wildman–Crippen LogP) is 3.72. The largest absolute Gasteiger partial charge is 0.336 e. The second-order valence-corrected chi connectivity index (χ2v) is 8.16. The second-order valence-electron chi connectivity index (χ2n) is 8.16. The molecular formula is C24H28N2O2. The van der Waals surface area contributed by atoms with Crippen LogP contribution < -0.4 is 0 Å². The molecule has 0 aliphatic carbocycles. The van der Waals surface area contributed by atoms with Crippen LogP contribution in [0.3, 0.4) is 0 Å². The summed E-state index contributed by atoms with van der Waals surface area (Å²) >= 11 is 0. The first kappa shape index (κ1) is 18.7.